The highest BCUT2D eigenvalue weighted by Gasteiger charge is 2.30. The normalized spacial score (nSPS) is 10.5. The van der Waals surface area contributed by atoms with E-state index >= 15 is 0 Å². The van der Waals surface area contributed by atoms with Gasteiger partial charge in [-0.25, -0.2) is 0 Å². The molecule has 0 amide bonds. The van der Waals surface area contributed by atoms with E-state index in [4.69, 9.17) is 0 Å². The van der Waals surface area contributed by atoms with E-state index in [9.17, 15) is 21.0 Å². The van der Waals surface area contributed by atoms with Gasteiger partial charge in [0.1, 0.15) is 24.3 Å². The molecule has 0 aromatic heterocycles. The first-order chi connectivity index (χ1) is 10.3. The molecule has 0 spiro atoms. The molecule has 0 saturated heterocycles. The molecule has 3 rings (SSSR count). The lowest BCUT2D eigenvalue weighted by atomic mass is 9.88. The van der Waals surface area contributed by atoms with E-state index < -0.39 is 0 Å². The van der Waals surface area contributed by atoms with Crippen molar-refractivity contribution in [3.8, 4) is 35.4 Å². The Labute approximate surface area is 121 Å². The standard InChI is InChI=1S/C17H6N4/c18-6-13-12-5-10-3-1-2-4-11(10)17(12)16(9-21)15(8-20)14(13)7-19/h1-4H,5H2. The second-order valence-electron chi connectivity index (χ2n) is 4.63. The van der Waals surface area contributed by atoms with Crippen molar-refractivity contribution in [2.45, 2.75) is 6.42 Å². The zero-order valence-corrected chi connectivity index (χ0v) is 10.8. The molecule has 0 radical (unpaired) electrons. The fraction of sp³-hybridized carbons (Fsp3) is 0.0588. The number of nitrogens with zero attached hydrogens (tertiary/aromatic N) is 4. The quantitative estimate of drug-likeness (QED) is 0.625. The van der Waals surface area contributed by atoms with Crippen LogP contribution in [0.2, 0.25) is 0 Å². The molecule has 1 aliphatic rings. The number of benzene rings is 2. The Hall–Kier alpha value is -3.60. The van der Waals surface area contributed by atoms with Gasteiger partial charge in [-0.15, -0.1) is 0 Å². The highest BCUT2D eigenvalue weighted by Crippen LogP contribution is 2.43. The van der Waals surface area contributed by atoms with E-state index in [-0.39, 0.29) is 22.3 Å². The first-order valence-electron chi connectivity index (χ1n) is 6.18. The summed E-state index contributed by atoms with van der Waals surface area (Å²) in [5.41, 5.74) is 3.55. The van der Waals surface area contributed by atoms with Crippen LogP contribution in [-0.4, -0.2) is 0 Å². The lowest BCUT2D eigenvalue weighted by molar-refractivity contribution is 1.23. The molecule has 4 nitrogen and oxygen atoms in total. The molecule has 0 atom stereocenters. The predicted octanol–water partition coefficient (Wildman–Crippen LogP) is 2.74. The van der Waals surface area contributed by atoms with Gasteiger partial charge in [0, 0.05) is 12.0 Å². The van der Waals surface area contributed by atoms with Crippen molar-refractivity contribution in [1.29, 1.82) is 21.0 Å². The summed E-state index contributed by atoms with van der Waals surface area (Å²) in [4.78, 5) is 0. The third-order valence-corrected chi connectivity index (χ3v) is 3.70. The Morgan fingerprint density at radius 2 is 1.29 bits per heavy atom. The van der Waals surface area contributed by atoms with Crippen molar-refractivity contribution < 1.29 is 0 Å². The minimum absolute atomic E-state index is 0.00288. The van der Waals surface area contributed by atoms with Gasteiger partial charge in [-0.1, -0.05) is 24.3 Å². The number of hydrogen-bond acceptors (Lipinski definition) is 4. The number of rotatable bonds is 0. The minimum Gasteiger partial charge on any atom is -0.192 e. The molecule has 21 heavy (non-hydrogen) atoms. The van der Waals surface area contributed by atoms with Crippen LogP contribution in [-0.2, 0) is 6.42 Å². The van der Waals surface area contributed by atoms with Crippen molar-refractivity contribution in [3.05, 3.63) is 57.6 Å². The molecule has 0 heterocycles. The first kappa shape index (κ1) is 12.4. The van der Waals surface area contributed by atoms with Crippen LogP contribution in [0.5, 0.6) is 0 Å². The average Bonchev–Trinajstić information content (AvgIpc) is 2.91. The third-order valence-electron chi connectivity index (χ3n) is 3.70. The molecule has 0 unspecified atom stereocenters. The summed E-state index contributed by atoms with van der Waals surface area (Å²) >= 11 is 0. The maximum absolute atomic E-state index is 9.43. The summed E-state index contributed by atoms with van der Waals surface area (Å²) in [6.45, 7) is 0. The van der Waals surface area contributed by atoms with Crippen molar-refractivity contribution in [1.82, 2.24) is 0 Å². The molecule has 0 saturated carbocycles. The lowest BCUT2D eigenvalue weighted by Crippen LogP contribution is -2.01. The van der Waals surface area contributed by atoms with Gasteiger partial charge in [-0.05, 0) is 16.7 Å². The Bertz CT molecular complexity index is 957. The smallest absolute Gasteiger partial charge is 0.102 e. The van der Waals surface area contributed by atoms with Crippen LogP contribution in [0.15, 0.2) is 24.3 Å². The van der Waals surface area contributed by atoms with Gasteiger partial charge < -0.3 is 0 Å². The monoisotopic (exact) mass is 266 g/mol. The molecule has 0 bridgehead atoms. The van der Waals surface area contributed by atoms with E-state index in [1.54, 1.807) is 0 Å². The molecular formula is C17H6N4. The van der Waals surface area contributed by atoms with Gasteiger partial charge in [0.25, 0.3) is 0 Å². The maximum Gasteiger partial charge on any atom is 0.102 e. The SMILES string of the molecule is N#Cc1c(C#N)c(C#N)c2c(c1C#N)Cc1ccccc1-2. The van der Waals surface area contributed by atoms with E-state index in [0.29, 0.717) is 17.5 Å². The highest BCUT2D eigenvalue weighted by atomic mass is 14.4. The van der Waals surface area contributed by atoms with Gasteiger partial charge >= 0.3 is 0 Å². The molecule has 2 aromatic rings. The third kappa shape index (κ3) is 1.51. The zero-order chi connectivity index (χ0) is 15.0. The summed E-state index contributed by atoms with van der Waals surface area (Å²) in [7, 11) is 0. The van der Waals surface area contributed by atoms with Crippen molar-refractivity contribution in [2.24, 2.45) is 0 Å². The molecule has 0 aliphatic heterocycles. The van der Waals surface area contributed by atoms with E-state index in [1.165, 1.54) is 0 Å². The fourth-order valence-electron chi connectivity index (χ4n) is 2.84. The summed E-state index contributed by atoms with van der Waals surface area (Å²) in [5, 5.41) is 37.4. The zero-order valence-electron chi connectivity index (χ0n) is 10.8. The van der Waals surface area contributed by atoms with Crippen molar-refractivity contribution in [2.75, 3.05) is 0 Å². The summed E-state index contributed by atoms with van der Waals surface area (Å²) in [5.74, 6) is 0. The highest BCUT2D eigenvalue weighted by molar-refractivity contribution is 5.87. The van der Waals surface area contributed by atoms with Crippen molar-refractivity contribution >= 4 is 0 Å². The number of fused-ring (bicyclic) bond motifs is 3. The molecule has 2 aromatic carbocycles. The van der Waals surface area contributed by atoms with E-state index in [1.807, 2.05) is 48.5 Å². The number of nitriles is 4. The first-order valence-corrected chi connectivity index (χ1v) is 6.18. The van der Waals surface area contributed by atoms with Gasteiger partial charge in [0.2, 0.25) is 0 Å². The topological polar surface area (TPSA) is 95.2 Å². The molecule has 4 heteroatoms. The van der Waals surface area contributed by atoms with Crippen LogP contribution in [0.1, 0.15) is 33.4 Å². The van der Waals surface area contributed by atoms with Gasteiger partial charge in [0.15, 0.2) is 0 Å². The van der Waals surface area contributed by atoms with Crippen LogP contribution < -0.4 is 0 Å². The largest absolute Gasteiger partial charge is 0.192 e. The summed E-state index contributed by atoms with van der Waals surface area (Å²) in [6, 6.07) is 15.4. The van der Waals surface area contributed by atoms with Gasteiger partial charge in [0.05, 0.1) is 22.3 Å². The van der Waals surface area contributed by atoms with Crippen molar-refractivity contribution in [3.63, 3.8) is 0 Å². The van der Waals surface area contributed by atoms with Gasteiger partial charge in [-0.3, -0.25) is 0 Å². The Balaban J connectivity index is 2.55. The predicted molar refractivity (Wildman–Crippen MR) is 73.5 cm³/mol. The van der Waals surface area contributed by atoms with Crippen LogP contribution in [0, 0.1) is 45.3 Å². The van der Waals surface area contributed by atoms with E-state index in [2.05, 4.69) is 0 Å². The average molecular weight is 266 g/mol. The number of hydrogen-bond donors (Lipinski definition) is 0. The second kappa shape index (κ2) is 4.50. The molecule has 94 valence electrons. The Morgan fingerprint density at radius 1 is 0.714 bits per heavy atom. The van der Waals surface area contributed by atoms with Gasteiger partial charge in [-0.2, -0.15) is 21.0 Å². The second-order valence-corrected chi connectivity index (χ2v) is 4.63. The maximum atomic E-state index is 9.43. The molecule has 0 fully saturated rings. The van der Waals surface area contributed by atoms with Crippen LogP contribution in [0.4, 0.5) is 0 Å². The molecular weight excluding hydrogens is 260 g/mol. The molecule has 1 aliphatic carbocycles. The van der Waals surface area contributed by atoms with Crippen LogP contribution in [0.25, 0.3) is 11.1 Å². The van der Waals surface area contributed by atoms with Crippen LogP contribution >= 0.6 is 0 Å². The Kier molecular flexibility index (Phi) is 2.66. The Morgan fingerprint density at radius 3 is 1.90 bits per heavy atom. The molecule has 0 N–H and O–H groups in total. The van der Waals surface area contributed by atoms with E-state index in [0.717, 1.165) is 11.1 Å². The minimum atomic E-state index is -0.00740. The summed E-state index contributed by atoms with van der Waals surface area (Å²) in [6.07, 6.45) is 0.503. The summed E-state index contributed by atoms with van der Waals surface area (Å²) < 4.78 is 0. The van der Waals surface area contributed by atoms with Crippen LogP contribution in [0.3, 0.4) is 0 Å². The lowest BCUT2D eigenvalue weighted by Gasteiger charge is -2.09. The fourth-order valence-corrected chi connectivity index (χ4v) is 2.84.